The molecule has 0 amide bonds. The highest BCUT2D eigenvalue weighted by Crippen LogP contribution is 2.25. The van der Waals surface area contributed by atoms with Gasteiger partial charge >= 0.3 is 5.97 Å². The maximum atomic E-state index is 13.3. The third-order valence-corrected chi connectivity index (χ3v) is 7.51. The lowest BCUT2D eigenvalue weighted by Gasteiger charge is -2.20. The molecule has 0 saturated carbocycles. The van der Waals surface area contributed by atoms with Crippen LogP contribution in [0.15, 0.2) is 59.6 Å². The van der Waals surface area contributed by atoms with Crippen molar-refractivity contribution in [1.82, 2.24) is 8.87 Å². The molecule has 7 nitrogen and oxygen atoms in total. The molecule has 0 radical (unpaired) electrons. The summed E-state index contributed by atoms with van der Waals surface area (Å²) < 4.78 is 34.0. The number of esters is 1. The van der Waals surface area contributed by atoms with E-state index >= 15 is 0 Å². The Morgan fingerprint density at radius 2 is 1.65 bits per heavy atom. The first-order chi connectivity index (χ1) is 14.9. The highest BCUT2D eigenvalue weighted by Gasteiger charge is 2.26. The first kappa shape index (κ1) is 21.3. The Bertz CT molecular complexity index is 1240. The molecule has 0 atom stereocenters. The second-order valence-corrected chi connectivity index (χ2v) is 9.51. The smallest absolute Gasteiger partial charge is 0.340 e. The number of methoxy groups -OCH3 is 1. The van der Waals surface area contributed by atoms with E-state index in [0.717, 1.165) is 25.7 Å². The molecular weight excluding hydrogens is 416 g/mol. The second kappa shape index (κ2) is 8.64. The molecule has 1 aliphatic rings. The van der Waals surface area contributed by atoms with Gasteiger partial charge in [0, 0.05) is 30.2 Å². The van der Waals surface area contributed by atoms with Crippen molar-refractivity contribution in [1.29, 1.82) is 0 Å². The van der Waals surface area contributed by atoms with E-state index in [1.807, 2.05) is 0 Å². The van der Waals surface area contributed by atoms with E-state index in [4.69, 9.17) is 4.74 Å². The lowest BCUT2D eigenvalue weighted by Crippen LogP contribution is -2.32. The molecule has 31 heavy (non-hydrogen) atoms. The first-order valence-electron chi connectivity index (χ1n) is 10.3. The van der Waals surface area contributed by atoms with Gasteiger partial charge in [0.25, 0.3) is 5.91 Å². The topological polar surface area (TPSA) is 85.7 Å². The third-order valence-electron chi connectivity index (χ3n) is 5.62. The fourth-order valence-electron chi connectivity index (χ4n) is 3.98. The summed E-state index contributed by atoms with van der Waals surface area (Å²) in [5.41, 5.74) is 1.06. The van der Waals surface area contributed by atoms with Crippen LogP contribution in [0.25, 0.3) is 10.9 Å². The van der Waals surface area contributed by atoms with Crippen LogP contribution in [-0.4, -0.2) is 49.4 Å². The van der Waals surface area contributed by atoms with Gasteiger partial charge in [-0.05, 0) is 37.1 Å². The Balaban J connectivity index is 1.73. The van der Waals surface area contributed by atoms with Crippen LogP contribution >= 0.6 is 0 Å². The summed E-state index contributed by atoms with van der Waals surface area (Å²) in [7, 11) is -2.40. The molecule has 2 aromatic carbocycles. The highest BCUT2D eigenvalue weighted by molar-refractivity contribution is 7.89. The summed E-state index contributed by atoms with van der Waals surface area (Å²) in [5.74, 6) is -0.959. The summed E-state index contributed by atoms with van der Waals surface area (Å²) in [6.07, 6.45) is 5.16. The van der Waals surface area contributed by atoms with Crippen LogP contribution < -0.4 is 0 Å². The van der Waals surface area contributed by atoms with Gasteiger partial charge in [0.15, 0.2) is 0 Å². The van der Waals surface area contributed by atoms with E-state index in [2.05, 4.69) is 0 Å². The quantitative estimate of drug-likeness (QED) is 0.578. The van der Waals surface area contributed by atoms with E-state index in [0.29, 0.717) is 24.0 Å². The molecule has 3 aromatic rings. The molecule has 1 aromatic heterocycles. The fraction of sp³-hybridized carbons (Fsp3) is 0.304. The van der Waals surface area contributed by atoms with Crippen LogP contribution in [0, 0.1) is 0 Å². The van der Waals surface area contributed by atoms with Crippen LogP contribution in [0.4, 0.5) is 0 Å². The van der Waals surface area contributed by atoms with Crippen molar-refractivity contribution in [2.75, 3.05) is 20.2 Å². The summed E-state index contributed by atoms with van der Waals surface area (Å²) >= 11 is 0. The molecule has 1 aliphatic heterocycles. The zero-order valence-electron chi connectivity index (χ0n) is 17.3. The van der Waals surface area contributed by atoms with Gasteiger partial charge in [-0.15, -0.1) is 0 Å². The van der Waals surface area contributed by atoms with E-state index in [1.165, 1.54) is 34.3 Å². The van der Waals surface area contributed by atoms with E-state index < -0.39 is 21.9 Å². The Labute approximate surface area is 181 Å². The van der Waals surface area contributed by atoms with E-state index in [9.17, 15) is 18.0 Å². The molecule has 0 spiro atoms. The Kier molecular flexibility index (Phi) is 5.93. The third kappa shape index (κ3) is 4.00. The van der Waals surface area contributed by atoms with Gasteiger partial charge in [0.1, 0.15) is 0 Å². The molecule has 162 valence electrons. The van der Waals surface area contributed by atoms with Crippen molar-refractivity contribution >= 4 is 32.8 Å². The molecule has 0 N–H and O–H groups in total. The average Bonchev–Trinajstić information content (AvgIpc) is 2.96. The highest BCUT2D eigenvalue weighted by atomic mass is 32.2. The van der Waals surface area contributed by atoms with Gasteiger partial charge in [0.2, 0.25) is 10.0 Å². The number of fused-ring (bicyclic) bond motifs is 1. The summed E-state index contributed by atoms with van der Waals surface area (Å²) in [5, 5.41) is 0.594. The number of sulfonamides is 1. The standard InChI is InChI=1S/C23H24N2O5S/c1-30-23(27)20-16-25(21-12-5-4-11-19(20)21)22(26)17-9-8-10-18(15-17)31(28,29)24-13-6-2-3-7-14-24/h4-5,8-12,15-16H,2-3,6-7,13-14H2,1H3. The minimum Gasteiger partial charge on any atom is -0.465 e. The average molecular weight is 441 g/mol. The molecule has 2 heterocycles. The molecule has 0 unspecified atom stereocenters. The number of hydrogen-bond donors (Lipinski definition) is 0. The summed E-state index contributed by atoms with van der Waals surface area (Å²) in [4.78, 5) is 25.6. The van der Waals surface area contributed by atoms with Crippen LogP contribution in [0.1, 0.15) is 46.4 Å². The number of hydrogen-bond acceptors (Lipinski definition) is 5. The lowest BCUT2D eigenvalue weighted by atomic mass is 10.2. The zero-order chi connectivity index (χ0) is 22.0. The van der Waals surface area contributed by atoms with E-state index in [1.54, 1.807) is 36.4 Å². The number of rotatable bonds is 4. The fourth-order valence-corrected chi connectivity index (χ4v) is 5.54. The zero-order valence-corrected chi connectivity index (χ0v) is 18.1. The predicted molar refractivity (Wildman–Crippen MR) is 117 cm³/mol. The number of aromatic nitrogens is 1. The predicted octanol–water partition coefficient (Wildman–Crippen LogP) is 3.68. The number of nitrogens with zero attached hydrogens (tertiary/aromatic N) is 2. The monoisotopic (exact) mass is 440 g/mol. The van der Waals surface area contributed by atoms with E-state index in [-0.39, 0.29) is 16.0 Å². The maximum Gasteiger partial charge on any atom is 0.340 e. The van der Waals surface area contributed by atoms with Gasteiger partial charge in [-0.2, -0.15) is 4.31 Å². The lowest BCUT2D eigenvalue weighted by molar-refractivity contribution is 0.0603. The number of carbonyl (C=O) groups excluding carboxylic acids is 2. The van der Waals surface area contributed by atoms with Crippen LogP contribution in [0.2, 0.25) is 0 Å². The van der Waals surface area contributed by atoms with Gasteiger partial charge in [0.05, 0.1) is 23.1 Å². The summed E-state index contributed by atoms with van der Waals surface area (Å²) in [6, 6.07) is 13.1. The number of ether oxygens (including phenoxy) is 1. The number of carbonyl (C=O) groups is 2. The summed E-state index contributed by atoms with van der Waals surface area (Å²) in [6.45, 7) is 0.983. The Morgan fingerprint density at radius 1 is 0.935 bits per heavy atom. The molecular formula is C23H24N2O5S. The van der Waals surface area contributed by atoms with Crippen molar-refractivity contribution in [3.63, 3.8) is 0 Å². The van der Waals surface area contributed by atoms with Crippen molar-refractivity contribution < 1.29 is 22.7 Å². The van der Waals surface area contributed by atoms with Crippen molar-refractivity contribution in [2.45, 2.75) is 30.6 Å². The Hall–Kier alpha value is -2.97. The maximum absolute atomic E-state index is 13.3. The van der Waals surface area contributed by atoms with Gasteiger partial charge in [-0.25, -0.2) is 13.2 Å². The van der Waals surface area contributed by atoms with Gasteiger partial charge < -0.3 is 4.74 Å². The largest absolute Gasteiger partial charge is 0.465 e. The number of para-hydroxylation sites is 1. The second-order valence-electron chi connectivity index (χ2n) is 7.57. The molecule has 0 aliphatic carbocycles. The normalized spacial score (nSPS) is 15.5. The number of benzene rings is 2. The van der Waals surface area contributed by atoms with Gasteiger partial charge in [-0.1, -0.05) is 37.1 Å². The van der Waals surface area contributed by atoms with Crippen LogP contribution in [0.3, 0.4) is 0 Å². The van der Waals surface area contributed by atoms with Crippen molar-refractivity contribution in [2.24, 2.45) is 0 Å². The minimum atomic E-state index is -3.68. The molecule has 1 saturated heterocycles. The molecule has 0 bridgehead atoms. The molecule has 1 fully saturated rings. The van der Waals surface area contributed by atoms with Gasteiger partial charge in [-0.3, -0.25) is 9.36 Å². The van der Waals surface area contributed by atoms with Crippen LogP contribution in [-0.2, 0) is 14.8 Å². The minimum absolute atomic E-state index is 0.102. The molecule has 8 heteroatoms. The van der Waals surface area contributed by atoms with Crippen molar-refractivity contribution in [3.8, 4) is 0 Å². The van der Waals surface area contributed by atoms with Crippen LogP contribution in [0.5, 0.6) is 0 Å². The SMILES string of the molecule is COC(=O)c1cn(C(=O)c2cccc(S(=O)(=O)N3CCCCCC3)c2)c2ccccc12. The molecule has 4 rings (SSSR count). The first-order valence-corrected chi connectivity index (χ1v) is 11.7. The Morgan fingerprint density at radius 3 is 2.35 bits per heavy atom. The van der Waals surface area contributed by atoms with Crippen molar-refractivity contribution in [3.05, 3.63) is 65.9 Å².